The molecule has 0 amide bonds. The van der Waals surface area contributed by atoms with Crippen molar-refractivity contribution < 1.29 is 14.1 Å². The lowest BCUT2D eigenvalue weighted by molar-refractivity contribution is -0.387. The van der Waals surface area contributed by atoms with Crippen LogP contribution >= 0.6 is 11.8 Å². The first-order valence-electron chi connectivity index (χ1n) is 5.20. The summed E-state index contributed by atoms with van der Waals surface area (Å²) in [5.74, 6) is 0.304. The van der Waals surface area contributed by atoms with Gasteiger partial charge in [-0.25, -0.2) is 4.98 Å². The van der Waals surface area contributed by atoms with Crippen LogP contribution < -0.4 is 4.74 Å². The number of rotatable bonds is 5. The van der Waals surface area contributed by atoms with Crippen LogP contribution in [0.2, 0.25) is 0 Å². The average Bonchev–Trinajstić information content (AvgIpc) is 2.77. The maximum atomic E-state index is 10.8. The van der Waals surface area contributed by atoms with E-state index < -0.39 is 4.92 Å². The Morgan fingerprint density at radius 3 is 3.00 bits per heavy atom. The molecule has 0 fully saturated rings. The van der Waals surface area contributed by atoms with Crippen molar-refractivity contribution >= 4 is 17.4 Å². The Morgan fingerprint density at radius 2 is 2.28 bits per heavy atom. The Hall–Kier alpha value is -2.02. The van der Waals surface area contributed by atoms with Crippen molar-refractivity contribution in [2.75, 3.05) is 6.61 Å². The quantitative estimate of drug-likeness (QED) is 0.611. The highest BCUT2D eigenvalue weighted by Crippen LogP contribution is 2.35. The van der Waals surface area contributed by atoms with Crippen molar-refractivity contribution in [3.05, 3.63) is 40.6 Å². The summed E-state index contributed by atoms with van der Waals surface area (Å²) in [6.07, 6.45) is 1.45. The lowest BCUT2D eigenvalue weighted by atomic mass is 10.3. The van der Waals surface area contributed by atoms with Crippen LogP contribution in [0.1, 0.15) is 6.92 Å². The van der Waals surface area contributed by atoms with Crippen LogP contribution in [-0.4, -0.2) is 16.5 Å². The number of hydrogen-bond acceptors (Lipinski definition) is 6. The van der Waals surface area contributed by atoms with Crippen molar-refractivity contribution in [2.24, 2.45) is 0 Å². The Balaban J connectivity index is 2.20. The second kappa shape index (κ2) is 5.54. The molecule has 94 valence electrons. The fraction of sp³-hybridized carbons (Fsp3) is 0.182. The van der Waals surface area contributed by atoms with Crippen molar-refractivity contribution in [1.29, 1.82) is 0 Å². The van der Waals surface area contributed by atoms with E-state index in [-0.39, 0.29) is 5.69 Å². The van der Waals surface area contributed by atoms with E-state index in [1.165, 1.54) is 12.3 Å². The zero-order valence-corrected chi connectivity index (χ0v) is 10.3. The maximum Gasteiger partial charge on any atom is 0.305 e. The minimum Gasteiger partial charge on any atom is -0.464 e. The predicted octanol–water partition coefficient (Wildman–Crippen LogP) is 3.13. The second-order valence-corrected chi connectivity index (χ2v) is 4.20. The number of para-hydroxylation sites is 1. The second-order valence-electron chi connectivity index (χ2n) is 3.21. The summed E-state index contributed by atoms with van der Waals surface area (Å²) < 4.78 is 10.4. The monoisotopic (exact) mass is 266 g/mol. The molecule has 0 aliphatic carbocycles. The standard InChI is InChI=1S/C11H10N2O4S/c1-2-16-10-7-12-11(17-10)18-9-6-4-3-5-8(9)13(14)15/h3-7H,2H2,1H3. The Labute approximate surface area is 107 Å². The van der Waals surface area contributed by atoms with Gasteiger partial charge >= 0.3 is 5.95 Å². The molecular weight excluding hydrogens is 256 g/mol. The number of aromatic nitrogens is 1. The van der Waals surface area contributed by atoms with Crippen LogP contribution in [0.15, 0.2) is 45.0 Å². The summed E-state index contributed by atoms with van der Waals surface area (Å²) in [6, 6.07) is 6.42. The topological polar surface area (TPSA) is 78.4 Å². The summed E-state index contributed by atoms with van der Waals surface area (Å²) in [5, 5.41) is 11.1. The molecule has 18 heavy (non-hydrogen) atoms. The number of nitrogens with zero attached hydrogens (tertiary/aromatic N) is 2. The molecule has 7 heteroatoms. The SMILES string of the molecule is CCOc1cnc(Sc2ccccc2[N+](=O)[O-])o1. The van der Waals surface area contributed by atoms with Crippen molar-refractivity contribution in [2.45, 2.75) is 17.0 Å². The molecule has 0 unspecified atom stereocenters. The Bertz CT molecular complexity index is 555. The third-order valence-electron chi connectivity index (χ3n) is 2.01. The van der Waals surface area contributed by atoms with E-state index in [1.807, 2.05) is 6.92 Å². The first-order chi connectivity index (χ1) is 8.70. The number of ether oxygens (including phenoxy) is 1. The van der Waals surface area contributed by atoms with Gasteiger partial charge in [0.05, 0.1) is 16.4 Å². The average molecular weight is 266 g/mol. The van der Waals surface area contributed by atoms with Crippen LogP contribution in [0.4, 0.5) is 5.69 Å². The van der Waals surface area contributed by atoms with Crippen LogP contribution in [0.25, 0.3) is 0 Å². The number of benzene rings is 1. The molecular formula is C11H10N2O4S. The molecule has 1 aromatic heterocycles. The molecule has 0 radical (unpaired) electrons. The molecule has 1 heterocycles. The molecule has 0 saturated heterocycles. The largest absolute Gasteiger partial charge is 0.464 e. The van der Waals surface area contributed by atoms with E-state index in [0.717, 1.165) is 11.8 Å². The Morgan fingerprint density at radius 1 is 1.50 bits per heavy atom. The third kappa shape index (κ3) is 2.80. The van der Waals surface area contributed by atoms with Gasteiger partial charge in [-0.3, -0.25) is 10.1 Å². The lowest BCUT2D eigenvalue weighted by Crippen LogP contribution is -1.89. The molecule has 0 saturated carbocycles. The van der Waals surface area contributed by atoms with E-state index >= 15 is 0 Å². The Kier molecular flexibility index (Phi) is 3.83. The van der Waals surface area contributed by atoms with Crippen LogP contribution in [0, 0.1) is 10.1 Å². The highest BCUT2D eigenvalue weighted by Gasteiger charge is 2.16. The van der Waals surface area contributed by atoms with Gasteiger partial charge in [0, 0.05) is 6.07 Å². The zero-order valence-electron chi connectivity index (χ0n) is 9.53. The van der Waals surface area contributed by atoms with Gasteiger partial charge in [0.25, 0.3) is 10.9 Å². The summed E-state index contributed by atoms with van der Waals surface area (Å²) in [7, 11) is 0. The number of oxazole rings is 1. The van der Waals surface area contributed by atoms with Gasteiger partial charge in [-0.2, -0.15) is 0 Å². The lowest BCUT2D eigenvalue weighted by Gasteiger charge is -1.98. The third-order valence-corrected chi connectivity index (χ3v) is 2.94. The van der Waals surface area contributed by atoms with Gasteiger partial charge in [0.2, 0.25) is 0 Å². The van der Waals surface area contributed by atoms with Gasteiger partial charge in [-0.15, -0.1) is 0 Å². The molecule has 6 nitrogen and oxygen atoms in total. The highest BCUT2D eigenvalue weighted by atomic mass is 32.2. The van der Waals surface area contributed by atoms with Crippen molar-refractivity contribution in [1.82, 2.24) is 4.98 Å². The predicted molar refractivity (Wildman–Crippen MR) is 64.9 cm³/mol. The first kappa shape index (κ1) is 12.4. The smallest absolute Gasteiger partial charge is 0.305 e. The molecule has 0 N–H and O–H groups in total. The zero-order chi connectivity index (χ0) is 13.0. The molecule has 0 aliphatic rings. The molecule has 0 bridgehead atoms. The van der Waals surface area contributed by atoms with Gasteiger partial charge in [-0.1, -0.05) is 12.1 Å². The molecule has 2 aromatic rings. The molecule has 2 rings (SSSR count). The summed E-state index contributed by atoms with van der Waals surface area (Å²) in [6.45, 7) is 2.31. The van der Waals surface area contributed by atoms with Crippen molar-refractivity contribution in [3.8, 4) is 5.95 Å². The van der Waals surface area contributed by atoms with E-state index in [2.05, 4.69) is 4.98 Å². The van der Waals surface area contributed by atoms with Gasteiger partial charge in [0.1, 0.15) is 6.20 Å². The molecule has 1 aromatic carbocycles. The highest BCUT2D eigenvalue weighted by molar-refractivity contribution is 7.99. The summed E-state index contributed by atoms with van der Waals surface area (Å²) >= 11 is 1.09. The summed E-state index contributed by atoms with van der Waals surface area (Å²) in [5.41, 5.74) is 0.0265. The fourth-order valence-electron chi connectivity index (χ4n) is 1.29. The minimum atomic E-state index is -0.436. The molecule has 0 aliphatic heterocycles. The summed E-state index contributed by atoms with van der Waals surface area (Å²) in [4.78, 5) is 14.9. The van der Waals surface area contributed by atoms with Gasteiger partial charge < -0.3 is 9.15 Å². The van der Waals surface area contributed by atoms with E-state index in [4.69, 9.17) is 9.15 Å². The van der Waals surface area contributed by atoms with Gasteiger partial charge in [0.15, 0.2) is 0 Å². The number of nitro benzene ring substituents is 1. The van der Waals surface area contributed by atoms with Gasteiger partial charge in [-0.05, 0) is 24.8 Å². The van der Waals surface area contributed by atoms with Crippen LogP contribution in [0.5, 0.6) is 5.95 Å². The normalized spacial score (nSPS) is 10.3. The molecule has 0 atom stereocenters. The van der Waals surface area contributed by atoms with Crippen molar-refractivity contribution in [3.63, 3.8) is 0 Å². The van der Waals surface area contributed by atoms with E-state index in [1.54, 1.807) is 18.2 Å². The minimum absolute atomic E-state index is 0.0265. The number of nitro groups is 1. The number of hydrogen-bond donors (Lipinski definition) is 0. The van der Waals surface area contributed by atoms with E-state index in [0.29, 0.717) is 22.7 Å². The maximum absolute atomic E-state index is 10.8. The van der Waals surface area contributed by atoms with Crippen LogP contribution in [0.3, 0.4) is 0 Å². The molecule has 0 spiro atoms. The fourth-order valence-corrected chi connectivity index (χ4v) is 2.10. The first-order valence-corrected chi connectivity index (χ1v) is 6.02. The van der Waals surface area contributed by atoms with Crippen LogP contribution in [-0.2, 0) is 0 Å². The van der Waals surface area contributed by atoms with E-state index in [9.17, 15) is 10.1 Å².